The first-order valence-electron chi connectivity index (χ1n) is 6.32. The minimum Gasteiger partial charge on any atom is -0.497 e. The van der Waals surface area contributed by atoms with Crippen molar-refractivity contribution in [2.45, 2.75) is 13.0 Å². The Hall–Kier alpha value is -1.96. The molecular formula is C16H17NO. The maximum Gasteiger partial charge on any atom is 0.120 e. The van der Waals surface area contributed by atoms with Gasteiger partial charge in [-0.15, -0.1) is 0 Å². The third-order valence-corrected chi connectivity index (χ3v) is 3.50. The fraction of sp³-hybridized carbons (Fsp3) is 0.250. The molecule has 1 heterocycles. The minimum absolute atomic E-state index is 0.939. The minimum atomic E-state index is 0.939. The molecule has 18 heavy (non-hydrogen) atoms. The summed E-state index contributed by atoms with van der Waals surface area (Å²) in [6.45, 7) is 2.07. The van der Waals surface area contributed by atoms with Gasteiger partial charge in [0, 0.05) is 24.8 Å². The highest BCUT2D eigenvalue weighted by Crippen LogP contribution is 2.32. The highest BCUT2D eigenvalue weighted by molar-refractivity contribution is 5.61. The molecule has 0 N–H and O–H groups in total. The topological polar surface area (TPSA) is 12.5 Å². The van der Waals surface area contributed by atoms with Crippen molar-refractivity contribution >= 4 is 5.69 Å². The van der Waals surface area contributed by atoms with Crippen LogP contribution in [0.2, 0.25) is 0 Å². The lowest BCUT2D eigenvalue weighted by Crippen LogP contribution is -2.19. The van der Waals surface area contributed by atoms with Crippen molar-refractivity contribution in [2.75, 3.05) is 18.6 Å². The Morgan fingerprint density at radius 2 is 1.94 bits per heavy atom. The summed E-state index contributed by atoms with van der Waals surface area (Å²) >= 11 is 0. The van der Waals surface area contributed by atoms with Crippen LogP contribution in [-0.2, 0) is 13.0 Å². The summed E-state index contributed by atoms with van der Waals surface area (Å²) in [7, 11) is 1.72. The van der Waals surface area contributed by atoms with Gasteiger partial charge in [0.1, 0.15) is 5.75 Å². The van der Waals surface area contributed by atoms with E-state index in [9.17, 15) is 0 Å². The lowest BCUT2D eigenvalue weighted by Gasteiger charge is -2.20. The van der Waals surface area contributed by atoms with E-state index in [-0.39, 0.29) is 0 Å². The largest absolute Gasteiger partial charge is 0.497 e. The zero-order valence-corrected chi connectivity index (χ0v) is 10.6. The van der Waals surface area contributed by atoms with Gasteiger partial charge in [0.25, 0.3) is 0 Å². The molecule has 0 saturated carbocycles. The second-order valence-electron chi connectivity index (χ2n) is 4.65. The molecule has 0 fully saturated rings. The molecule has 1 aliphatic rings. The van der Waals surface area contributed by atoms with Crippen molar-refractivity contribution < 1.29 is 4.74 Å². The molecule has 2 aromatic carbocycles. The number of nitrogens with zero attached hydrogens (tertiary/aromatic N) is 1. The highest BCUT2D eigenvalue weighted by Gasteiger charge is 2.19. The fourth-order valence-corrected chi connectivity index (χ4v) is 2.52. The number of anilines is 1. The number of hydrogen-bond donors (Lipinski definition) is 0. The molecule has 0 amide bonds. The maximum atomic E-state index is 5.31. The summed E-state index contributed by atoms with van der Waals surface area (Å²) in [4.78, 5) is 2.42. The van der Waals surface area contributed by atoms with Crippen LogP contribution in [0.3, 0.4) is 0 Å². The number of benzene rings is 2. The Bertz CT molecular complexity index is 536. The van der Waals surface area contributed by atoms with E-state index < -0.39 is 0 Å². The molecule has 0 aliphatic carbocycles. The Morgan fingerprint density at radius 3 is 2.72 bits per heavy atom. The van der Waals surface area contributed by atoms with Crippen LogP contribution in [0, 0.1) is 0 Å². The van der Waals surface area contributed by atoms with E-state index in [1.807, 2.05) is 6.07 Å². The summed E-state index contributed by atoms with van der Waals surface area (Å²) < 4.78 is 5.31. The number of rotatable bonds is 3. The average Bonchev–Trinajstić information content (AvgIpc) is 2.82. The first kappa shape index (κ1) is 11.1. The molecule has 0 spiro atoms. The lowest BCUT2D eigenvalue weighted by atomic mass is 10.1. The van der Waals surface area contributed by atoms with Crippen LogP contribution in [0.4, 0.5) is 5.69 Å². The van der Waals surface area contributed by atoms with Crippen molar-refractivity contribution in [1.82, 2.24) is 0 Å². The molecule has 2 aromatic rings. The molecule has 3 rings (SSSR count). The number of hydrogen-bond acceptors (Lipinski definition) is 2. The first-order valence-corrected chi connectivity index (χ1v) is 6.32. The predicted molar refractivity (Wildman–Crippen MR) is 74.2 cm³/mol. The van der Waals surface area contributed by atoms with Crippen molar-refractivity contribution in [3.8, 4) is 5.75 Å². The van der Waals surface area contributed by atoms with Crippen LogP contribution in [0.25, 0.3) is 0 Å². The van der Waals surface area contributed by atoms with Gasteiger partial charge in [-0.2, -0.15) is 0 Å². The predicted octanol–water partition coefficient (Wildman–Crippen LogP) is 3.26. The van der Waals surface area contributed by atoms with Crippen molar-refractivity contribution in [3.63, 3.8) is 0 Å². The SMILES string of the molecule is COc1ccc2c(c1)N(Cc1ccccc1)CC2. The van der Waals surface area contributed by atoms with Gasteiger partial charge in [0.2, 0.25) is 0 Å². The first-order chi connectivity index (χ1) is 8.86. The molecule has 2 nitrogen and oxygen atoms in total. The molecule has 0 saturated heterocycles. The Balaban J connectivity index is 1.85. The van der Waals surface area contributed by atoms with E-state index in [1.165, 1.54) is 16.8 Å². The van der Waals surface area contributed by atoms with Crippen LogP contribution < -0.4 is 9.64 Å². The van der Waals surface area contributed by atoms with Gasteiger partial charge in [-0.05, 0) is 23.6 Å². The smallest absolute Gasteiger partial charge is 0.120 e. The second-order valence-corrected chi connectivity index (χ2v) is 4.65. The standard InChI is InChI=1S/C16H17NO/c1-18-15-8-7-14-9-10-17(16(14)11-15)12-13-5-3-2-4-6-13/h2-8,11H,9-10,12H2,1H3. The Morgan fingerprint density at radius 1 is 1.11 bits per heavy atom. The number of methoxy groups -OCH3 is 1. The van der Waals surface area contributed by atoms with Gasteiger partial charge in [-0.1, -0.05) is 36.4 Å². The molecule has 92 valence electrons. The van der Waals surface area contributed by atoms with Gasteiger partial charge in [-0.3, -0.25) is 0 Å². The summed E-state index contributed by atoms with van der Waals surface area (Å²) in [5, 5.41) is 0. The van der Waals surface area contributed by atoms with Gasteiger partial charge < -0.3 is 9.64 Å². The van der Waals surface area contributed by atoms with Gasteiger partial charge in [0.05, 0.1) is 7.11 Å². The average molecular weight is 239 g/mol. The molecule has 0 bridgehead atoms. The fourth-order valence-electron chi connectivity index (χ4n) is 2.52. The zero-order valence-electron chi connectivity index (χ0n) is 10.6. The quantitative estimate of drug-likeness (QED) is 0.815. The summed E-state index contributed by atoms with van der Waals surface area (Å²) in [6.07, 6.45) is 1.13. The van der Waals surface area contributed by atoms with Gasteiger partial charge in [-0.25, -0.2) is 0 Å². The van der Waals surface area contributed by atoms with E-state index in [0.29, 0.717) is 0 Å². The van der Waals surface area contributed by atoms with Crippen LogP contribution in [0.15, 0.2) is 48.5 Å². The zero-order chi connectivity index (χ0) is 12.4. The Kier molecular flexibility index (Phi) is 2.93. The van der Waals surface area contributed by atoms with E-state index in [4.69, 9.17) is 4.74 Å². The molecule has 0 unspecified atom stereocenters. The molecule has 0 aromatic heterocycles. The van der Waals surface area contributed by atoms with Crippen molar-refractivity contribution in [3.05, 3.63) is 59.7 Å². The summed E-state index contributed by atoms with van der Waals surface area (Å²) in [5.74, 6) is 0.939. The van der Waals surface area contributed by atoms with E-state index >= 15 is 0 Å². The molecule has 1 aliphatic heterocycles. The molecular weight excluding hydrogens is 222 g/mol. The van der Waals surface area contributed by atoms with E-state index in [0.717, 1.165) is 25.3 Å². The maximum absolute atomic E-state index is 5.31. The number of ether oxygens (including phenoxy) is 1. The van der Waals surface area contributed by atoms with Gasteiger partial charge in [0.15, 0.2) is 0 Å². The highest BCUT2D eigenvalue weighted by atomic mass is 16.5. The second kappa shape index (κ2) is 4.73. The lowest BCUT2D eigenvalue weighted by molar-refractivity contribution is 0.415. The monoisotopic (exact) mass is 239 g/mol. The van der Waals surface area contributed by atoms with E-state index in [1.54, 1.807) is 7.11 Å². The van der Waals surface area contributed by atoms with Gasteiger partial charge >= 0.3 is 0 Å². The van der Waals surface area contributed by atoms with Crippen LogP contribution in [-0.4, -0.2) is 13.7 Å². The van der Waals surface area contributed by atoms with Crippen LogP contribution >= 0.6 is 0 Å². The normalized spacial score (nSPS) is 13.5. The van der Waals surface area contributed by atoms with Crippen molar-refractivity contribution in [2.24, 2.45) is 0 Å². The third kappa shape index (κ3) is 2.06. The summed E-state index contributed by atoms with van der Waals surface area (Å²) in [5.41, 5.74) is 4.10. The third-order valence-electron chi connectivity index (χ3n) is 3.50. The van der Waals surface area contributed by atoms with Crippen LogP contribution in [0.1, 0.15) is 11.1 Å². The summed E-state index contributed by atoms with van der Waals surface area (Å²) in [6, 6.07) is 17.0. The Labute approximate surface area is 108 Å². The van der Waals surface area contributed by atoms with Crippen LogP contribution in [0.5, 0.6) is 5.75 Å². The molecule has 2 heteroatoms. The molecule has 0 atom stereocenters. The van der Waals surface area contributed by atoms with E-state index in [2.05, 4.69) is 47.4 Å². The molecule has 0 radical (unpaired) electrons. The van der Waals surface area contributed by atoms with Crippen molar-refractivity contribution in [1.29, 1.82) is 0 Å². The number of fused-ring (bicyclic) bond motifs is 1.